The van der Waals surface area contributed by atoms with Gasteiger partial charge in [-0.15, -0.1) is 0 Å². The Kier molecular flexibility index (Phi) is 26.1. The summed E-state index contributed by atoms with van der Waals surface area (Å²) in [4.78, 5) is 178. The van der Waals surface area contributed by atoms with Gasteiger partial charge in [-0.2, -0.15) is 0 Å². The van der Waals surface area contributed by atoms with Crippen molar-refractivity contribution in [2.45, 2.75) is 129 Å². The van der Waals surface area contributed by atoms with E-state index in [1.807, 2.05) is 0 Å². The van der Waals surface area contributed by atoms with Gasteiger partial charge < -0.3 is 73.8 Å². The number of primary amides is 1. The Labute approximate surface area is 464 Å². The monoisotopic (exact) mass is 1120 g/mol. The number of carbonyl (C=O) groups is 13. The quantitative estimate of drug-likeness (QED) is 0.0801. The van der Waals surface area contributed by atoms with Gasteiger partial charge >= 0.3 is 0 Å². The molecule has 3 rings (SSSR count). The lowest BCUT2D eigenvalue weighted by atomic mass is 10.00. The summed E-state index contributed by atoms with van der Waals surface area (Å²) in [6.07, 6.45) is -1.04. The first kappa shape index (κ1) is 65.8. The first-order valence-corrected chi connectivity index (χ1v) is 26.1. The Morgan fingerprint density at radius 3 is 1.79 bits per heavy atom. The maximum absolute atomic E-state index is 14.5. The number of aliphatic hydroxyl groups is 1. The standard InChI is InChI=1S/C53H77N13O14/c1-28(2)20-35-48(75)59-30(5)45(72)64-44(29(3)4)51(78)61-36(21-33-16-12-10-13-17-33)49(76)62-37(53(80)65(8)32(7)46(73)63-38(27-67)47(74)56-24-40(54)68)23-41(69)55-25-42(70)58-31(6)52(79)66(9)39(22-34-18-14-11-15-19-34)50(77)57-26-43(71)60-35/h10-19,28-32,35-39,44,67H,20-27H2,1-9H3,(H2,54,68)(H,55,69)(H,56,74)(H,57,77)(H,58,70)(H,59,75)(H,60,71)(H,61,78)(H,62,76)(H,63,73)(H,64,72)/t30-,31-,32-,35-,36-,37-,38-,39-,44-/m0/s1. The second kappa shape index (κ2) is 31.8. The highest BCUT2D eigenvalue weighted by molar-refractivity contribution is 6.00. The van der Waals surface area contributed by atoms with Crippen LogP contribution in [0.25, 0.3) is 0 Å². The predicted molar refractivity (Wildman–Crippen MR) is 288 cm³/mol. The first-order chi connectivity index (χ1) is 37.6. The average molecular weight is 1120 g/mol. The zero-order valence-corrected chi connectivity index (χ0v) is 46.5. The van der Waals surface area contributed by atoms with E-state index in [4.69, 9.17) is 5.73 Å². The van der Waals surface area contributed by atoms with Crippen molar-refractivity contribution < 1.29 is 67.4 Å². The van der Waals surface area contributed by atoms with E-state index in [0.29, 0.717) is 11.1 Å². The molecule has 0 bridgehead atoms. The minimum Gasteiger partial charge on any atom is -0.394 e. The molecule has 438 valence electrons. The molecule has 80 heavy (non-hydrogen) atoms. The second-order valence-electron chi connectivity index (χ2n) is 20.2. The molecule has 0 unspecified atom stereocenters. The van der Waals surface area contributed by atoms with Crippen molar-refractivity contribution in [1.29, 1.82) is 0 Å². The third kappa shape index (κ3) is 21.0. The highest BCUT2D eigenvalue weighted by atomic mass is 16.3. The zero-order chi connectivity index (χ0) is 60.0. The molecule has 1 heterocycles. The molecule has 2 aromatic rings. The normalized spacial score (nSPS) is 22.7. The Balaban J connectivity index is 2.10. The number of nitrogens with two attached hydrogens (primary N) is 1. The number of nitrogens with one attached hydrogen (secondary N) is 10. The van der Waals surface area contributed by atoms with Gasteiger partial charge in [0.15, 0.2) is 0 Å². The van der Waals surface area contributed by atoms with E-state index in [9.17, 15) is 67.4 Å². The van der Waals surface area contributed by atoms with Gasteiger partial charge in [-0.3, -0.25) is 62.3 Å². The molecule has 0 aliphatic carbocycles. The van der Waals surface area contributed by atoms with Gasteiger partial charge in [-0.1, -0.05) is 88.4 Å². The molecule has 13 N–H and O–H groups in total. The van der Waals surface area contributed by atoms with Crippen LogP contribution in [0, 0.1) is 11.8 Å². The summed E-state index contributed by atoms with van der Waals surface area (Å²) in [6, 6.07) is 4.07. The number of benzene rings is 2. The molecule has 13 amide bonds. The molecule has 1 saturated heterocycles. The molecular formula is C53H77N13O14. The third-order valence-corrected chi connectivity index (χ3v) is 12.8. The SMILES string of the molecule is CC(C)C[C@@H]1NC(=O)CNC(=O)[C@H](Cc2ccccc2)N(C)C(=O)[C@H](C)NC(=O)CNC(=O)C[C@@H](C(=O)N(C)[C@@H](C)C(=O)N[C@@H](CO)C(=O)NCC(N)=O)NC(=O)[C@H](Cc2ccccc2)NC(=O)[C@H](C(C)C)NC(=O)[C@H](C)NC1=O. The molecule has 0 spiro atoms. The van der Waals surface area contributed by atoms with E-state index in [2.05, 4.69) is 53.2 Å². The summed E-state index contributed by atoms with van der Waals surface area (Å²) in [6.45, 7) is 7.74. The van der Waals surface area contributed by atoms with Crippen LogP contribution in [-0.4, -0.2) is 186 Å². The third-order valence-electron chi connectivity index (χ3n) is 12.8. The minimum atomic E-state index is -1.85. The fourth-order valence-corrected chi connectivity index (χ4v) is 8.11. The van der Waals surface area contributed by atoms with Crippen molar-refractivity contribution in [3.8, 4) is 0 Å². The van der Waals surface area contributed by atoms with Crippen LogP contribution in [0.2, 0.25) is 0 Å². The van der Waals surface area contributed by atoms with Gasteiger partial charge in [0.2, 0.25) is 76.8 Å². The fraction of sp³-hybridized carbons (Fsp3) is 0.528. The number of aliphatic hydroxyl groups excluding tert-OH is 1. The van der Waals surface area contributed by atoms with Crippen molar-refractivity contribution in [2.24, 2.45) is 17.6 Å². The van der Waals surface area contributed by atoms with Gasteiger partial charge in [0.05, 0.1) is 32.7 Å². The zero-order valence-electron chi connectivity index (χ0n) is 46.5. The molecule has 0 aromatic heterocycles. The van der Waals surface area contributed by atoms with Gasteiger partial charge in [-0.05, 0) is 50.2 Å². The lowest BCUT2D eigenvalue weighted by Gasteiger charge is -2.31. The predicted octanol–water partition coefficient (Wildman–Crippen LogP) is -4.49. The van der Waals surface area contributed by atoms with E-state index in [1.54, 1.807) is 88.4 Å². The van der Waals surface area contributed by atoms with Gasteiger partial charge in [0, 0.05) is 26.9 Å². The van der Waals surface area contributed by atoms with E-state index in [0.717, 1.165) is 16.8 Å². The van der Waals surface area contributed by atoms with Crippen LogP contribution in [0.1, 0.15) is 72.4 Å². The molecule has 9 atom stereocenters. The maximum atomic E-state index is 14.5. The summed E-state index contributed by atoms with van der Waals surface area (Å²) in [7, 11) is 2.46. The summed E-state index contributed by atoms with van der Waals surface area (Å²) in [5.74, 6) is -12.5. The highest BCUT2D eigenvalue weighted by Crippen LogP contribution is 2.13. The van der Waals surface area contributed by atoms with Crippen LogP contribution in [-0.2, 0) is 75.2 Å². The summed E-state index contributed by atoms with van der Waals surface area (Å²) >= 11 is 0. The molecule has 2 aromatic carbocycles. The summed E-state index contributed by atoms with van der Waals surface area (Å²) < 4.78 is 0. The van der Waals surface area contributed by atoms with Gasteiger partial charge in [0.25, 0.3) is 0 Å². The van der Waals surface area contributed by atoms with Crippen molar-refractivity contribution in [1.82, 2.24) is 63.0 Å². The van der Waals surface area contributed by atoms with Crippen molar-refractivity contribution in [3.63, 3.8) is 0 Å². The van der Waals surface area contributed by atoms with Crippen LogP contribution in [0.3, 0.4) is 0 Å². The van der Waals surface area contributed by atoms with Crippen LogP contribution in [0.4, 0.5) is 0 Å². The summed E-state index contributed by atoms with van der Waals surface area (Å²) in [5, 5.41) is 34.5. The maximum Gasteiger partial charge on any atom is 0.246 e. The molecule has 0 radical (unpaired) electrons. The number of likely N-dealkylation sites (N-methyl/N-ethyl adjacent to an activating group) is 2. The number of carbonyl (C=O) groups excluding carboxylic acids is 13. The Bertz CT molecular complexity index is 2550. The first-order valence-electron chi connectivity index (χ1n) is 26.1. The van der Waals surface area contributed by atoms with Crippen molar-refractivity contribution in [2.75, 3.05) is 40.3 Å². The van der Waals surface area contributed by atoms with Crippen LogP contribution in [0.5, 0.6) is 0 Å². The second-order valence-corrected chi connectivity index (χ2v) is 20.2. The number of nitrogens with zero attached hydrogens (tertiary/aromatic N) is 2. The van der Waals surface area contributed by atoms with Gasteiger partial charge in [-0.25, -0.2) is 0 Å². The Morgan fingerprint density at radius 2 is 1.23 bits per heavy atom. The summed E-state index contributed by atoms with van der Waals surface area (Å²) in [5.41, 5.74) is 6.23. The number of hydrogen-bond donors (Lipinski definition) is 12. The molecule has 1 fully saturated rings. The Hall–Kier alpha value is -8.49. The topological polar surface area (TPSA) is 395 Å². The van der Waals surface area contributed by atoms with E-state index < -0.39 is 170 Å². The molecular weight excluding hydrogens is 1040 g/mol. The van der Waals surface area contributed by atoms with E-state index >= 15 is 0 Å². The minimum absolute atomic E-state index is 0.0360. The largest absolute Gasteiger partial charge is 0.394 e. The lowest BCUT2D eigenvalue weighted by Crippen LogP contribution is -2.61. The molecule has 27 nitrogen and oxygen atoms in total. The van der Waals surface area contributed by atoms with Crippen molar-refractivity contribution in [3.05, 3.63) is 71.8 Å². The van der Waals surface area contributed by atoms with Crippen LogP contribution >= 0.6 is 0 Å². The van der Waals surface area contributed by atoms with E-state index in [-0.39, 0.29) is 25.2 Å². The molecule has 1 aliphatic rings. The van der Waals surface area contributed by atoms with Crippen LogP contribution < -0.4 is 58.9 Å². The average Bonchev–Trinajstić information content (AvgIpc) is 3.41. The highest BCUT2D eigenvalue weighted by Gasteiger charge is 2.37. The molecule has 0 saturated carbocycles. The van der Waals surface area contributed by atoms with Crippen molar-refractivity contribution >= 4 is 76.8 Å². The number of amides is 13. The van der Waals surface area contributed by atoms with Gasteiger partial charge in [0.1, 0.15) is 54.4 Å². The Morgan fingerprint density at radius 1 is 0.662 bits per heavy atom. The fourth-order valence-electron chi connectivity index (χ4n) is 8.11. The van der Waals surface area contributed by atoms with Crippen LogP contribution in [0.15, 0.2) is 60.7 Å². The van der Waals surface area contributed by atoms with E-state index in [1.165, 1.54) is 27.8 Å². The lowest BCUT2D eigenvalue weighted by molar-refractivity contribution is -0.143. The molecule has 1 aliphatic heterocycles. The number of rotatable bonds is 15. The smallest absolute Gasteiger partial charge is 0.246 e. The number of hydrogen-bond acceptors (Lipinski definition) is 14. The molecule has 27 heteroatoms.